The van der Waals surface area contributed by atoms with Crippen molar-refractivity contribution in [1.29, 1.82) is 0 Å². The summed E-state index contributed by atoms with van der Waals surface area (Å²) in [5, 5.41) is 14.2. The first-order valence-electron chi connectivity index (χ1n) is 9.38. The molecule has 0 unspecified atom stereocenters. The Hall–Kier alpha value is -3.44. The van der Waals surface area contributed by atoms with Crippen molar-refractivity contribution in [3.63, 3.8) is 0 Å². The molecule has 1 aliphatic carbocycles. The lowest BCUT2D eigenvalue weighted by atomic mass is 9.98. The molecule has 0 spiro atoms. The van der Waals surface area contributed by atoms with E-state index in [2.05, 4.69) is 51.1 Å². The highest BCUT2D eigenvalue weighted by atomic mass is 35.5. The van der Waals surface area contributed by atoms with E-state index in [1.165, 1.54) is 28.1 Å². The van der Waals surface area contributed by atoms with Gasteiger partial charge in [0.05, 0.1) is 11.9 Å². The smallest absolute Gasteiger partial charge is 0.272 e. The third-order valence-electron chi connectivity index (χ3n) is 5.25. The molecule has 0 saturated heterocycles. The minimum atomic E-state index is -0.363. The van der Waals surface area contributed by atoms with Crippen LogP contribution in [0.1, 0.15) is 27.2 Å². The van der Waals surface area contributed by atoms with Gasteiger partial charge in [-0.15, -0.1) is 0 Å². The van der Waals surface area contributed by atoms with E-state index in [1.807, 2.05) is 18.2 Å². The number of H-pyrrole nitrogens is 1. The van der Waals surface area contributed by atoms with Crippen LogP contribution in [-0.2, 0) is 12.8 Å². The number of hydrogen-bond donors (Lipinski definition) is 2. The summed E-state index contributed by atoms with van der Waals surface area (Å²) in [5.74, 6) is -0.363. The van der Waals surface area contributed by atoms with Gasteiger partial charge in [-0.25, -0.2) is 5.43 Å². The van der Waals surface area contributed by atoms with Gasteiger partial charge in [0.15, 0.2) is 0 Å². The van der Waals surface area contributed by atoms with E-state index >= 15 is 0 Å². The maximum atomic E-state index is 12.4. The molecule has 0 fully saturated rings. The molecule has 5 nitrogen and oxygen atoms in total. The lowest BCUT2D eigenvalue weighted by molar-refractivity contribution is 0.0950. The number of hydrogen-bond acceptors (Lipinski definition) is 3. The first-order valence-corrected chi connectivity index (χ1v) is 9.76. The lowest BCUT2D eigenvalue weighted by Gasteiger charge is -2.06. The van der Waals surface area contributed by atoms with Crippen molar-refractivity contribution in [2.24, 2.45) is 5.10 Å². The third-order valence-corrected chi connectivity index (χ3v) is 5.59. The van der Waals surface area contributed by atoms with Crippen LogP contribution in [0.2, 0.25) is 5.02 Å². The number of halogens is 1. The molecule has 3 aromatic carbocycles. The van der Waals surface area contributed by atoms with Crippen LogP contribution in [0.5, 0.6) is 0 Å². The van der Waals surface area contributed by atoms with Gasteiger partial charge in [-0.1, -0.05) is 60.1 Å². The monoisotopic (exact) mass is 400 g/mol. The summed E-state index contributed by atoms with van der Waals surface area (Å²) in [7, 11) is 0. The Morgan fingerprint density at radius 1 is 1.07 bits per heavy atom. The average Bonchev–Trinajstić information content (AvgIpc) is 3.39. The Kier molecular flexibility index (Phi) is 4.37. The van der Waals surface area contributed by atoms with E-state index in [0.29, 0.717) is 10.7 Å². The molecule has 1 aromatic heterocycles. The number of carbonyl (C=O) groups excluding carboxylic acids is 1. The highest BCUT2D eigenvalue weighted by Crippen LogP contribution is 2.36. The van der Waals surface area contributed by atoms with Gasteiger partial charge in [0.1, 0.15) is 5.69 Å². The predicted molar refractivity (Wildman–Crippen MR) is 115 cm³/mol. The highest BCUT2D eigenvalue weighted by Gasteiger charge is 2.18. The number of benzene rings is 3. The number of rotatable bonds is 4. The second kappa shape index (κ2) is 7.18. The zero-order valence-corrected chi connectivity index (χ0v) is 16.2. The van der Waals surface area contributed by atoms with Gasteiger partial charge in [0.2, 0.25) is 0 Å². The van der Waals surface area contributed by atoms with Crippen LogP contribution in [0.15, 0.2) is 65.8 Å². The van der Waals surface area contributed by atoms with Crippen molar-refractivity contribution >= 4 is 34.5 Å². The summed E-state index contributed by atoms with van der Waals surface area (Å²) in [4.78, 5) is 12.4. The van der Waals surface area contributed by atoms with Crippen molar-refractivity contribution in [3.8, 4) is 11.3 Å². The Labute approximate surface area is 172 Å². The number of nitrogens with one attached hydrogen (secondary N) is 2. The summed E-state index contributed by atoms with van der Waals surface area (Å²) < 4.78 is 0. The van der Waals surface area contributed by atoms with E-state index in [1.54, 1.807) is 12.1 Å². The van der Waals surface area contributed by atoms with Crippen LogP contribution >= 0.6 is 11.6 Å². The summed E-state index contributed by atoms with van der Waals surface area (Å²) in [5.41, 5.74) is 8.09. The fourth-order valence-corrected chi connectivity index (χ4v) is 4.03. The summed E-state index contributed by atoms with van der Waals surface area (Å²) in [6.45, 7) is 0. The first-order chi connectivity index (χ1) is 14.2. The second-order valence-corrected chi connectivity index (χ2v) is 7.41. The Balaban J connectivity index is 1.40. The van der Waals surface area contributed by atoms with Gasteiger partial charge >= 0.3 is 0 Å². The molecular formula is C23H17ClN4O. The molecule has 1 amide bonds. The van der Waals surface area contributed by atoms with Crippen LogP contribution in [0.4, 0.5) is 0 Å². The largest absolute Gasteiger partial charge is 0.289 e. The standard InChI is InChI=1S/C23H17ClN4O/c24-19-7-2-1-4-16(19)13-25-28-23(29)21-12-20(26-27-21)17-11-10-15-9-8-14-5-3-6-18(17)22(14)15/h1-7,10-13H,8-9H2,(H,26,27)(H,28,29)/b25-13-. The maximum absolute atomic E-state index is 12.4. The van der Waals surface area contributed by atoms with Crippen LogP contribution in [0, 0.1) is 0 Å². The molecule has 142 valence electrons. The van der Waals surface area contributed by atoms with Gasteiger partial charge in [0.25, 0.3) is 5.91 Å². The van der Waals surface area contributed by atoms with Crippen molar-refractivity contribution in [2.45, 2.75) is 12.8 Å². The van der Waals surface area contributed by atoms with E-state index < -0.39 is 0 Å². The molecule has 0 radical (unpaired) electrons. The second-order valence-electron chi connectivity index (χ2n) is 7.00. The van der Waals surface area contributed by atoms with Crippen molar-refractivity contribution in [2.75, 3.05) is 0 Å². The molecule has 1 aliphatic rings. The van der Waals surface area contributed by atoms with Gasteiger partial charge in [-0.3, -0.25) is 9.89 Å². The fraction of sp³-hybridized carbons (Fsp3) is 0.0870. The van der Waals surface area contributed by atoms with E-state index in [9.17, 15) is 4.79 Å². The summed E-state index contributed by atoms with van der Waals surface area (Å²) in [6.07, 6.45) is 3.67. The van der Waals surface area contributed by atoms with Gasteiger partial charge in [-0.2, -0.15) is 10.2 Å². The zero-order valence-electron chi connectivity index (χ0n) is 15.4. The van der Waals surface area contributed by atoms with Gasteiger partial charge < -0.3 is 0 Å². The van der Waals surface area contributed by atoms with Crippen molar-refractivity contribution in [1.82, 2.24) is 15.6 Å². The minimum Gasteiger partial charge on any atom is -0.272 e. The van der Waals surface area contributed by atoms with E-state index in [4.69, 9.17) is 11.6 Å². The van der Waals surface area contributed by atoms with Crippen LogP contribution in [0.25, 0.3) is 22.0 Å². The number of aryl methyl sites for hydroxylation is 2. The molecule has 5 rings (SSSR count). The molecule has 1 heterocycles. The van der Waals surface area contributed by atoms with Crippen LogP contribution in [-0.4, -0.2) is 22.3 Å². The van der Waals surface area contributed by atoms with Crippen LogP contribution in [0.3, 0.4) is 0 Å². The number of aromatic amines is 1. The van der Waals surface area contributed by atoms with Crippen molar-refractivity contribution < 1.29 is 4.79 Å². The summed E-state index contributed by atoms with van der Waals surface area (Å²) >= 11 is 6.08. The zero-order chi connectivity index (χ0) is 19.8. The molecule has 0 aliphatic heterocycles. The molecular weight excluding hydrogens is 384 g/mol. The number of hydrazone groups is 1. The Morgan fingerprint density at radius 3 is 2.76 bits per heavy atom. The highest BCUT2D eigenvalue weighted by molar-refractivity contribution is 6.33. The Morgan fingerprint density at radius 2 is 1.90 bits per heavy atom. The van der Waals surface area contributed by atoms with Crippen molar-refractivity contribution in [3.05, 3.63) is 88.1 Å². The molecule has 0 atom stereocenters. The lowest BCUT2D eigenvalue weighted by Crippen LogP contribution is -2.18. The van der Waals surface area contributed by atoms with Crippen LogP contribution < -0.4 is 5.43 Å². The molecule has 6 heteroatoms. The van der Waals surface area contributed by atoms with Gasteiger partial charge in [-0.05, 0) is 46.9 Å². The number of amides is 1. The number of aromatic nitrogens is 2. The first kappa shape index (κ1) is 17.6. The normalized spacial score (nSPS) is 12.7. The maximum Gasteiger partial charge on any atom is 0.289 e. The topological polar surface area (TPSA) is 70.1 Å². The minimum absolute atomic E-state index is 0.347. The number of nitrogens with zero attached hydrogens (tertiary/aromatic N) is 2. The molecule has 29 heavy (non-hydrogen) atoms. The van der Waals surface area contributed by atoms with Gasteiger partial charge in [0, 0.05) is 16.1 Å². The predicted octanol–water partition coefficient (Wildman–Crippen LogP) is 4.75. The third kappa shape index (κ3) is 3.19. The van der Waals surface area contributed by atoms with E-state index in [-0.39, 0.29) is 5.91 Å². The molecule has 0 saturated carbocycles. The SMILES string of the molecule is O=C(N/N=C\c1ccccc1Cl)c1cc(-c2ccc3c4c(cccc24)CC3)n[nH]1. The Bertz CT molecular complexity index is 1260. The average molecular weight is 401 g/mol. The number of carbonyl (C=O) groups is 1. The molecule has 4 aromatic rings. The molecule has 2 N–H and O–H groups in total. The fourth-order valence-electron chi connectivity index (χ4n) is 3.85. The quantitative estimate of drug-likeness (QED) is 0.383. The summed E-state index contributed by atoms with van der Waals surface area (Å²) in [6, 6.07) is 19.7. The molecule has 0 bridgehead atoms. The van der Waals surface area contributed by atoms with E-state index in [0.717, 1.165) is 29.7 Å².